The molecule has 0 unspecified atom stereocenters. The van der Waals surface area contributed by atoms with Crippen molar-refractivity contribution in [1.29, 1.82) is 0 Å². The Hall–Kier alpha value is -2.88. The predicted octanol–water partition coefficient (Wildman–Crippen LogP) is 4.59. The van der Waals surface area contributed by atoms with Crippen molar-refractivity contribution in [3.05, 3.63) is 89.6 Å². The lowest BCUT2D eigenvalue weighted by atomic mass is 10.1. The summed E-state index contributed by atoms with van der Waals surface area (Å²) in [5, 5.41) is 9.28. The molecule has 164 valence electrons. The number of anilines is 1. The molecule has 0 aliphatic carbocycles. The van der Waals surface area contributed by atoms with Crippen LogP contribution < -0.4 is 16.0 Å². The van der Waals surface area contributed by atoms with Gasteiger partial charge in [-0.2, -0.15) is 0 Å². The first-order valence-corrected chi connectivity index (χ1v) is 9.84. The highest BCUT2D eigenvalue weighted by Crippen LogP contribution is 2.12. The van der Waals surface area contributed by atoms with E-state index >= 15 is 0 Å². The van der Waals surface area contributed by atoms with E-state index in [9.17, 15) is 9.18 Å². The van der Waals surface area contributed by atoms with Crippen molar-refractivity contribution in [2.75, 3.05) is 18.4 Å². The number of carbonyl (C=O) groups is 1. The summed E-state index contributed by atoms with van der Waals surface area (Å²) in [5.41, 5.74) is 2.77. The van der Waals surface area contributed by atoms with E-state index in [0.29, 0.717) is 18.8 Å². The zero-order valence-corrected chi connectivity index (χ0v) is 19.6. The fraction of sp³-hybridized carbons (Fsp3) is 0.217. The fourth-order valence-corrected chi connectivity index (χ4v) is 2.78. The third-order valence-corrected chi connectivity index (χ3v) is 4.34. The van der Waals surface area contributed by atoms with Crippen molar-refractivity contribution in [2.45, 2.75) is 19.9 Å². The Kier molecular flexibility index (Phi) is 10.0. The van der Waals surface area contributed by atoms with Gasteiger partial charge in [0, 0.05) is 18.8 Å². The number of guanidine groups is 1. The normalized spacial score (nSPS) is 10.8. The molecule has 0 bridgehead atoms. The van der Waals surface area contributed by atoms with E-state index in [1.807, 2.05) is 31.2 Å². The molecule has 0 spiro atoms. The summed E-state index contributed by atoms with van der Waals surface area (Å²) in [5.74, 6) is 0.471. The van der Waals surface area contributed by atoms with Crippen LogP contribution in [0.2, 0.25) is 0 Å². The molecule has 0 saturated carbocycles. The second kappa shape index (κ2) is 12.7. The van der Waals surface area contributed by atoms with Crippen LogP contribution in [0.1, 0.15) is 28.6 Å². The molecule has 0 aliphatic rings. The number of amides is 1. The van der Waals surface area contributed by atoms with Crippen LogP contribution in [-0.4, -0.2) is 25.0 Å². The highest BCUT2D eigenvalue weighted by atomic mass is 127. The van der Waals surface area contributed by atoms with Crippen molar-refractivity contribution in [3.63, 3.8) is 0 Å². The minimum atomic E-state index is -0.287. The largest absolute Gasteiger partial charge is 0.459 e. The van der Waals surface area contributed by atoms with Crippen LogP contribution in [0.25, 0.3) is 0 Å². The summed E-state index contributed by atoms with van der Waals surface area (Å²) < 4.78 is 18.1. The van der Waals surface area contributed by atoms with Gasteiger partial charge in [0.15, 0.2) is 11.7 Å². The van der Waals surface area contributed by atoms with Gasteiger partial charge in [0.05, 0.1) is 12.8 Å². The first-order chi connectivity index (χ1) is 14.6. The number of rotatable bonds is 8. The number of halogens is 2. The van der Waals surface area contributed by atoms with Gasteiger partial charge in [-0.1, -0.05) is 24.3 Å². The Balaban J connectivity index is 0.00000341. The molecule has 0 saturated heterocycles. The zero-order valence-electron chi connectivity index (χ0n) is 17.2. The van der Waals surface area contributed by atoms with Gasteiger partial charge in [-0.15, -0.1) is 24.0 Å². The SMILES string of the molecule is CCNC(=NCc1ccc(NC(=O)c2ccco2)cc1)NCCc1ccc(F)cc1.I. The summed E-state index contributed by atoms with van der Waals surface area (Å²) in [4.78, 5) is 16.6. The van der Waals surface area contributed by atoms with E-state index in [2.05, 4.69) is 20.9 Å². The zero-order chi connectivity index (χ0) is 21.2. The van der Waals surface area contributed by atoms with Crippen molar-refractivity contribution < 1.29 is 13.6 Å². The molecular weight excluding hydrogens is 510 g/mol. The Morgan fingerprint density at radius 3 is 2.35 bits per heavy atom. The van der Waals surface area contributed by atoms with Gasteiger partial charge in [0.2, 0.25) is 0 Å². The molecule has 0 radical (unpaired) electrons. The molecule has 3 aromatic rings. The topological polar surface area (TPSA) is 78.7 Å². The Labute approximate surface area is 198 Å². The molecule has 8 heteroatoms. The van der Waals surface area contributed by atoms with E-state index in [4.69, 9.17) is 4.42 Å². The van der Waals surface area contributed by atoms with Crippen LogP contribution in [0, 0.1) is 5.82 Å². The van der Waals surface area contributed by atoms with E-state index in [1.54, 1.807) is 24.3 Å². The molecule has 3 N–H and O–H groups in total. The van der Waals surface area contributed by atoms with Crippen LogP contribution in [0.4, 0.5) is 10.1 Å². The molecule has 6 nitrogen and oxygen atoms in total. The van der Waals surface area contributed by atoms with Crippen molar-refractivity contribution in [2.24, 2.45) is 4.99 Å². The van der Waals surface area contributed by atoms with Crippen molar-refractivity contribution in [3.8, 4) is 0 Å². The van der Waals surface area contributed by atoms with Crippen LogP contribution in [0.3, 0.4) is 0 Å². The number of carbonyl (C=O) groups excluding carboxylic acids is 1. The lowest BCUT2D eigenvalue weighted by Gasteiger charge is -2.11. The van der Waals surface area contributed by atoms with Crippen LogP contribution >= 0.6 is 24.0 Å². The van der Waals surface area contributed by atoms with E-state index in [0.717, 1.165) is 30.1 Å². The standard InChI is InChI=1S/C23H25FN4O2.HI/c1-2-25-23(26-14-13-17-5-9-19(24)10-6-17)27-16-18-7-11-20(12-8-18)28-22(29)21-4-3-15-30-21;/h3-12,15H,2,13-14,16H2,1H3,(H,28,29)(H2,25,26,27);1H. The number of hydrogen-bond donors (Lipinski definition) is 3. The van der Waals surface area contributed by atoms with Gasteiger partial charge in [0.1, 0.15) is 5.82 Å². The Morgan fingerprint density at radius 2 is 1.71 bits per heavy atom. The quantitative estimate of drug-likeness (QED) is 0.224. The van der Waals surface area contributed by atoms with Crippen LogP contribution in [0.15, 0.2) is 76.3 Å². The second-order valence-electron chi connectivity index (χ2n) is 6.63. The number of nitrogens with one attached hydrogen (secondary N) is 3. The number of aliphatic imine (C=N–C) groups is 1. The van der Waals surface area contributed by atoms with Crippen molar-refractivity contribution >= 4 is 41.5 Å². The molecule has 1 amide bonds. The monoisotopic (exact) mass is 536 g/mol. The van der Waals surface area contributed by atoms with Gasteiger partial charge in [-0.25, -0.2) is 9.38 Å². The van der Waals surface area contributed by atoms with Crippen LogP contribution in [0.5, 0.6) is 0 Å². The predicted molar refractivity (Wildman–Crippen MR) is 131 cm³/mol. The molecule has 2 aromatic carbocycles. The fourth-order valence-electron chi connectivity index (χ4n) is 2.78. The van der Waals surface area contributed by atoms with E-state index in [-0.39, 0.29) is 41.5 Å². The number of nitrogens with zero attached hydrogens (tertiary/aromatic N) is 1. The number of furan rings is 1. The molecule has 1 heterocycles. The maximum atomic E-state index is 13.0. The second-order valence-corrected chi connectivity index (χ2v) is 6.63. The maximum absolute atomic E-state index is 13.0. The molecule has 0 atom stereocenters. The number of hydrogen-bond acceptors (Lipinski definition) is 3. The Morgan fingerprint density at radius 1 is 1.00 bits per heavy atom. The average Bonchev–Trinajstić information content (AvgIpc) is 3.30. The lowest BCUT2D eigenvalue weighted by molar-refractivity contribution is 0.0996. The lowest BCUT2D eigenvalue weighted by Crippen LogP contribution is -2.38. The molecular formula is C23H26FIN4O2. The van der Waals surface area contributed by atoms with Crippen LogP contribution in [-0.2, 0) is 13.0 Å². The molecule has 31 heavy (non-hydrogen) atoms. The minimum absolute atomic E-state index is 0. The summed E-state index contributed by atoms with van der Waals surface area (Å²) in [6.45, 7) is 3.95. The van der Waals surface area contributed by atoms with Gasteiger partial charge in [-0.05, 0) is 60.9 Å². The first-order valence-electron chi connectivity index (χ1n) is 9.84. The third kappa shape index (κ3) is 8.05. The summed E-state index contributed by atoms with van der Waals surface area (Å²) >= 11 is 0. The highest BCUT2D eigenvalue weighted by Gasteiger charge is 2.08. The first kappa shape index (κ1) is 24.4. The average molecular weight is 536 g/mol. The molecule has 1 aromatic heterocycles. The van der Waals surface area contributed by atoms with E-state index in [1.165, 1.54) is 18.4 Å². The molecule has 0 aliphatic heterocycles. The van der Waals surface area contributed by atoms with Gasteiger partial charge in [0.25, 0.3) is 5.91 Å². The maximum Gasteiger partial charge on any atom is 0.291 e. The number of benzene rings is 2. The van der Waals surface area contributed by atoms with Crippen molar-refractivity contribution in [1.82, 2.24) is 10.6 Å². The summed E-state index contributed by atoms with van der Waals surface area (Å²) in [6.07, 6.45) is 2.24. The Bertz CT molecular complexity index is 958. The van der Waals surface area contributed by atoms with Gasteiger partial charge >= 0.3 is 0 Å². The summed E-state index contributed by atoms with van der Waals surface area (Å²) in [7, 11) is 0. The third-order valence-electron chi connectivity index (χ3n) is 4.34. The van der Waals surface area contributed by atoms with Gasteiger partial charge in [-0.3, -0.25) is 4.79 Å². The smallest absolute Gasteiger partial charge is 0.291 e. The summed E-state index contributed by atoms with van der Waals surface area (Å²) in [6, 6.07) is 17.3. The molecule has 3 rings (SSSR count). The minimum Gasteiger partial charge on any atom is -0.459 e. The van der Waals surface area contributed by atoms with Gasteiger partial charge < -0.3 is 20.4 Å². The van der Waals surface area contributed by atoms with E-state index < -0.39 is 0 Å². The highest BCUT2D eigenvalue weighted by molar-refractivity contribution is 14.0. The molecule has 0 fully saturated rings.